The van der Waals surface area contributed by atoms with Gasteiger partial charge in [-0.2, -0.15) is 0 Å². The van der Waals surface area contributed by atoms with Crippen LogP contribution >= 0.6 is 0 Å². The summed E-state index contributed by atoms with van der Waals surface area (Å²) >= 11 is 0. The highest BCUT2D eigenvalue weighted by atomic mass is 16.1. The van der Waals surface area contributed by atoms with Crippen LogP contribution in [0.25, 0.3) is 0 Å². The predicted octanol–water partition coefficient (Wildman–Crippen LogP) is 2.84. The molecule has 0 atom stereocenters. The molecule has 0 bridgehead atoms. The second-order valence-corrected chi connectivity index (χ2v) is 3.85. The molecule has 0 radical (unpaired) electrons. The van der Waals surface area contributed by atoms with E-state index in [1.54, 1.807) is 0 Å². The summed E-state index contributed by atoms with van der Waals surface area (Å²) < 4.78 is 0. The molecule has 1 aromatic carbocycles. The topological polar surface area (TPSA) is 29.1 Å². The predicted molar refractivity (Wildman–Crippen MR) is 59.3 cm³/mol. The van der Waals surface area contributed by atoms with Crippen molar-refractivity contribution in [2.75, 3.05) is 5.32 Å². The minimum atomic E-state index is 0.694. The van der Waals surface area contributed by atoms with Crippen molar-refractivity contribution in [2.24, 2.45) is 5.92 Å². The third-order valence-electron chi connectivity index (χ3n) is 2.22. The van der Waals surface area contributed by atoms with Crippen LogP contribution in [0.2, 0.25) is 0 Å². The van der Waals surface area contributed by atoms with Crippen molar-refractivity contribution in [2.45, 2.75) is 26.7 Å². The zero-order valence-corrected chi connectivity index (χ0v) is 8.79. The van der Waals surface area contributed by atoms with Gasteiger partial charge in [-0.3, -0.25) is 4.79 Å². The summed E-state index contributed by atoms with van der Waals surface area (Å²) in [4.78, 5) is 10.4. The Kier molecular flexibility index (Phi) is 4.17. The molecule has 1 N–H and O–H groups in total. The van der Waals surface area contributed by atoms with Gasteiger partial charge in [-0.25, -0.2) is 0 Å². The summed E-state index contributed by atoms with van der Waals surface area (Å²) in [5.41, 5.74) is 2.15. The van der Waals surface area contributed by atoms with Gasteiger partial charge in [-0.1, -0.05) is 32.0 Å². The highest BCUT2D eigenvalue weighted by molar-refractivity contribution is 5.73. The van der Waals surface area contributed by atoms with E-state index in [1.165, 1.54) is 5.56 Å². The fourth-order valence-electron chi connectivity index (χ4n) is 1.39. The summed E-state index contributed by atoms with van der Waals surface area (Å²) in [6.45, 7) is 4.41. The number of hydrogen-bond donors (Lipinski definition) is 1. The first-order valence-corrected chi connectivity index (χ1v) is 5.02. The molecule has 0 aliphatic heterocycles. The Morgan fingerprint density at radius 1 is 1.36 bits per heavy atom. The molecule has 1 amide bonds. The number of carbonyl (C=O) groups excluding carboxylic acids is 1. The first-order chi connectivity index (χ1) is 6.74. The van der Waals surface area contributed by atoms with Gasteiger partial charge in [0.1, 0.15) is 0 Å². The lowest BCUT2D eigenvalue weighted by atomic mass is 10.0. The third-order valence-corrected chi connectivity index (χ3v) is 2.22. The monoisotopic (exact) mass is 191 g/mol. The highest BCUT2D eigenvalue weighted by Gasteiger charge is 2.01. The average molecular weight is 191 g/mol. The second-order valence-electron chi connectivity index (χ2n) is 3.85. The molecule has 1 rings (SSSR count). The molecule has 0 aromatic heterocycles. The molecule has 0 aliphatic carbocycles. The number of anilines is 1. The van der Waals surface area contributed by atoms with E-state index in [-0.39, 0.29) is 0 Å². The minimum Gasteiger partial charge on any atom is -0.328 e. The van der Waals surface area contributed by atoms with Gasteiger partial charge in [0, 0.05) is 5.69 Å². The molecule has 0 heterocycles. The summed E-state index contributed by atoms with van der Waals surface area (Å²) in [5, 5.41) is 2.72. The molecule has 0 saturated carbocycles. The fourth-order valence-corrected chi connectivity index (χ4v) is 1.39. The highest BCUT2D eigenvalue weighted by Crippen LogP contribution is 2.17. The van der Waals surface area contributed by atoms with Crippen molar-refractivity contribution >= 4 is 12.1 Å². The van der Waals surface area contributed by atoms with Gasteiger partial charge in [0.2, 0.25) is 6.41 Å². The van der Waals surface area contributed by atoms with Crippen molar-refractivity contribution in [3.05, 3.63) is 29.8 Å². The molecule has 0 saturated heterocycles. The quantitative estimate of drug-likeness (QED) is 0.712. The molecule has 0 unspecified atom stereocenters. The van der Waals surface area contributed by atoms with Crippen molar-refractivity contribution in [3.63, 3.8) is 0 Å². The van der Waals surface area contributed by atoms with E-state index in [4.69, 9.17) is 0 Å². The lowest BCUT2D eigenvalue weighted by Crippen LogP contribution is -2.00. The van der Waals surface area contributed by atoms with Crippen molar-refractivity contribution < 1.29 is 4.79 Å². The number of rotatable bonds is 5. The van der Waals surface area contributed by atoms with Gasteiger partial charge in [0.25, 0.3) is 0 Å². The van der Waals surface area contributed by atoms with Crippen molar-refractivity contribution in [1.82, 2.24) is 0 Å². The number of hydrogen-bond acceptors (Lipinski definition) is 1. The maximum absolute atomic E-state index is 10.4. The van der Waals surface area contributed by atoms with E-state index < -0.39 is 0 Å². The normalized spacial score (nSPS) is 10.2. The number of benzene rings is 1. The van der Waals surface area contributed by atoms with Crippen LogP contribution in [-0.4, -0.2) is 6.41 Å². The number of aryl methyl sites for hydroxylation is 1. The van der Waals surface area contributed by atoms with E-state index in [0.717, 1.165) is 24.9 Å². The maximum Gasteiger partial charge on any atom is 0.211 e. The van der Waals surface area contributed by atoms with Crippen LogP contribution in [0, 0.1) is 5.92 Å². The Bertz CT molecular complexity index is 294. The summed E-state index contributed by atoms with van der Waals surface area (Å²) in [7, 11) is 0. The SMILES string of the molecule is CC(C)CCc1ccccc1NC=O. The number of nitrogens with one attached hydrogen (secondary N) is 1. The number of para-hydroxylation sites is 1. The van der Waals surface area contributed by atoms with Crippen LogP contribution in [-0.2, 0) is 11.2 Å². The van der Waals surface area contributed by atoms with E-state index in [2.05, 4.69) is 25.2 Å². The van der Waals surface area contributed by atoms with Crippen LogP contribution in [0.4, 0.5) is 5.69 Å². The smallest absolute Gasteiger partial charge is 0.211 e. The number of carbonyl (C=O) groups is 1. The first-order valence-electron chi connectivity index (χ1n) is 5.02. The van der Waals surface area contributed by atoms with E-state index in [9.17, 15) is 4.79 Å². The van der Waals surface area contributed by atoms with Crippen LogP contribution < -0.4 is 5.32 Å². The first kappa shape index (κ1) is 10.8. The minimum absolute atomic E-state index is 0.694. The Balaban J connectivity index is 2.68. The second kappa shape index (κ2) is 5.43. The summed E-state index contributed by atoms with van der Waals surface area (Å²) in [5.74, 6) is 0.694. The van der Waals surface area contributed by atoms with Crippen molar-refractivity contribution in [3.8, 4) is 0 Å². The van der Waals surface area contributed by atoms with Crippen molar-refractivity contribution in [1.29, 1.82) is 0 Å². The van der Waals surface area contributed by atoms with Gasteiger partial charge in [-0.15, -0.1) is 0 Å². The summed E-state index contributed by atoms with van der Waals surface area (Å²) in [6, 6.07) is 7.94. The lowest BCUT2D eigenvalue weighted by molar-refractivity contribution is -0.105. The van der Waals surface area contributed by atoms with Crippen LogP contribution in [0.1, 0.15) is 25.8 Å². The molecular weight excluding hydrogens is 174 g/mol. The molecule has 1 aromatic rings. The van der Waals surface area contributed by atoms with E-state index >= 15 is 0 Å². The Labute approximate surface area is 85.3 Å². The third kappa shape index (κ3) is 3.21. The largest absolute Gasteiger partial charge is 0.328 e. The molecule has 0 fully saturated rings. The molecule has 2 heteroatoms. The van der Waals surface area contributed by atoms with Gasteiger partial charge in [0.05, 0.1) is 0 Å². The number of amides is 1. The lowest BCUT2D eigenvalue weighted by Gasteiger charge is -2.09. The van der Waals surface area contributed by atoms with Crippen LogP contribution in [0.5, 0.6) is 0 Å². The summed E-state index contributed by atoms with van der Waals surface area (Å²) in [6.07, 6.45) is 2.90. The van der Waals surface area contributed by atoms with Gasteiger partial charge < -0.3 is 5.32 Å². The zero-order chi connectivity index (χ0) is 10.4. The molecule has 76 valence electrons. The van der Waals surface area contributed by atoms with Gasteiger partial charge >= 0.3 is 0 Å². The maximum atomic E-state index is 10.4. The van der Waals surface area contributed by atoms with E-state index in [0.29, 0.717) is 5.92 Å². The molecule has 0 spiro atoms. The fraction of sp³-hybridized carbons (Fsp3) is 0.417. The van der Waals surface area contributed by atoms with Gasteiger partial charge in [-0.05, 0) is 30.4 Å². The molecule has 2 nitrogen and oxygen atoms in total. The Hall–Kier alpha value is -1.31. The standard InChI is InChI=1S/C12H17NO/c1-10(2)7-8-11-5-3-4-6-12(11)13-9-14/h3-6,9-10H,7-8H2,1-2H3,(H,13,14). The Morgan fingerprint density at radius 2 is 2.07 bits per heavy atom. The molecular formula is C12H17NO. The van der Waals surface area contributed by atoms with Gasteiger partial charge in [0.15, 0.2) is 0 Å². The Morgan fingerprint density at radius 3 is 2.71 bits per heavy atom. The van der Waals surface area contributed by atoms with Crippen LogP contribution in [0.3, 0.4) is 0 Å². The molecule has 14 heavy (non-hydrogen) atoms. The average Bonchev–Trinajstić information content (AvgIpc) is 2.17. The van der Waals surface area contributed by atoms with Crippen LogP contribution in [0.15, 0.2) is 24.3 Å². The van der Waals surface area contributed by atoms with E-state index in [1.807, 2.05) is 18.2 Å². The zero-order valence-electron chi connectivity index (χ0n) is 8.79. The molecule has 0 aliphatic rings.